The van der Waals surface area contributed by atoms with Gasteiger partial charge >= 0.3 is 0 Å². The maximum atomic E-state index is 13.5. The summed E-state index contributed by atoms with van der Waals surface area (Å²) < 4.78 is 26.5. The van der Waals surface area contributed by atoms with Gasteiger partial charge in [0.2, 0.25) is 0 Å². The number of amides is 1. The highest BCUT2D eigenvalue weighted by atomic mass is 35.5. The van der Waals surface area contributed by atoms with E-state index in [0.29, 0.717) is 13.1 Å². The predicted octanol–water partition coefficient (Wildman–Crippen LogP) is 2.85. The minimum Gasteiger partial charge on any atom is -0.339 e. The summed E-state index contributed by atoms with van der Waals surface area (Å²) in [7, 11) is 0. The van der Waals surface area contributed by atoms with Crippen LogP contribution >= 0.6 is 11.6 Å². The molecule has 5 heteroatoms. The van der Waals surface area contributed by atoms with Crippen LogP contribution in [0.15, 0.2) is 12.1 Å². The van der Waals surface area contributed by atoms with Crippen LogP contribution in [-0.4, -0.2) is 23.9 Å². The van der Waals surface area contributed by atoms with Crippen molar-refractivity contribution in [3.05, 3.63) is 34.4 Å². The van der Waals surface area contributed by atoms with Crippen molar-refractivity contribution in [3.63, 3.8) is 0 Å². The molecule has 0 unspecified atom stereocenters. The first-order valence-corrected chi connectivity index (χ1v) is 5.42. The van der Waals surface area contributed by atoms with E-state index in [1.165, 1.54) is 0 Å². The lowest BCUT2D eigenvalue weighted by Crippen LogP contribution is -2.28. The fourth-order valence-corrected chi connectivity index (χ4v) is 1.95. The molecular formula is C11H10ClF2NO. The summed E-state index contributed by atoms with van der Waals surface area (Å²) >= 11 is 5.41. The Kier molecular flexibility index (Phi) is 3.10. The lowest BCUT2D eigenvalue weighted by atomic mass is 10.2. The second kappa shape index (κ2) is 4.37. The van der Waals surface area contributed by atoms with Crippen LogP contribution in [0.5, 0.6) is 0 Å². The maximum Gasteiger partial charge on any atom is 0.256 e. The smallest absolute Gasteiger partial charge is 0.256 e. The first kappa shape index (κ1) is 11.3. The molecule has 0 bridgehead atoms. The minimum absolute atomic E-state index is 0.159. The molecule has 1 heterocycles. The van der Waals surface area contributed by atoms with Gasteiger partial charge in [-0.2, -0.15) is 0 Å². The Morgan fingerprint density at radius 2 is 1.88 bits per heavy atom. The molecule has 1 aliphatic heterocycles. The first-order valence-electron chi connectivity index (χ1n) is 5.04. The Morgan fingerprint density at radius 1 is 1.25 bits per heavy atom. The van der Waals surface area contributed by atoms with Crippen LogP contribution in [-0.2, 0) is 0 Å². The van der Waals surface area contributed by atoms with Crippen molar-refractivity contribution in [2.24, 2.45) is 0 Å². The van der Waals surface area contributed by atoms with Crippen LogP contribution in [0, 0.1) is 11.6 Å². The molecule has 1 aliphatic rings. The molecule has 0 atom stereocenters. The molecule has 1 saturated heterocycles. The molecule has 2 nitrogen and oxygen atoms in total. The van der Waals surface area contributed by atoms with Crippen LogP contribution in [0.25, 0.3) is 0 Å². The van der Waals surface area contributed by atoms with Gasteiger partial charge in [0.25, 0.3) is 5.91 Å². The van der Waals surface area contributed by atoms with E-state index in [0.717, 1.165) is 25.0 Å². The van der Waals surface area contributed by atoms with Gasteiger partial charge in [-0.3, -0.25) is 4.79 Å². The fraction of sp³-hybridized carbons (Fsp3) is 0.364. The van der Waals surface area contributed by atoms with Gasteiger partial charge in [-0.1, -0.05) is 11.6 Å². The van der Waals surface area contributed by atoms with E-state index in [2.05, 4.69) is 0 Å². The van der Waals surface area contributed by atoms with Crippen LogP contribution in [0.4, 0.5) is 8.78 Å². The van der Waals surface area contributed by atoms with Gasteiger partial charge in [0.15, 0.2) is 5.82 Å². The van der Waals surface area contributed by atoms with Crippen molar-refractivity contribution in [1.82, 2.24) is 4.90 Å². The Hall–Kier alpha value is -1.16. The Morgan fingerprint density at radius 3 is 2.50 bits per heavy atom. The molecule has 0 radical (unpaired) electrons. The average molecular weight is 246 g/mol. The van der Waals surface area contributed by atoms with Crippen molar-refractivity contribution >= 4 is 17.5 Å². The number of likely N-dealkylation sites (tertiary alicyclic amines) is 1. The second-order valence-corrected chi connectivity index (χ2v) is 4.10. The summed E-state index contributed by atoms with van der Waals surface area (Å²) in [6.45, 7) is 1.24. The van der Waals surface area contributed by atoms with Crippen molar-refractivity contribution in [1.29, 1.82) is 0 Å². The molecule has 86 valence electrons. The van der Waals surface area contributed by atoms with Gasteiger partial charge in [-0.05, 0) is 25.0 Å². The van der Waals surface area contributed by atoms with Crippen LogP contribution in [0.3, 0.4) is 0 Å². The number of benzene rings is 1. The van der Waals surface area contributed by atoms with E-state index in [1.807, 2.05) is 0 Å². The number of carbonyl (C=O) groups is 1. The number of carbonyl (C=O) groups excluding carboxylic acids is 1. The van der Waals surface area contributed by atoms with Crippen molar-refractivity contribution in [2.75, 3.05) is 13.1 Å². The second-order valence-electron chi connectivity index (χ2n) is 3.72. The number of rotatable bonds is 1. The lowest BCUT2D eigenvalue weighted by Gasteiger charge is -2.15. The summed E-state index contributed by atoms with van der Waals surface area (Å²) in [6, 6.07) is 2.14. The predicted molar refractivity (Wildman–Crippen MR) is 56.5 cm³/mol. The van der Waals surface area contributed by atoms with Gasteiger partial charge in [-0.25, -0.2) is 8.78 Å². The Labute approximate surface area is 96.8 Å². The molecule has 2 rings (SSSR count). The number of hydrogen-bond acceptors (Lipinski definition) is 1. The highest BCUT2D eigenvalue weighted by Crippen LogP contribution is 2.23. The number of halogens is 3. The van der Waals surface area contributed by atoms with E-state index in [-0.39, 0.29) is 5.56 Å². The number of hydrogen-bond donors (Lipinski definition) is 0. The van der Waals surface area contributed by atoms with Gasteiger partial charge in [0.05, 0.1) is 5.56 Å². The minimum atomic E-state index is -0.974. The first-order chi connectivity index (χ1) is 7.61. The molecule has 0 N–H and O–H groups in total. The van der Waals surface area contributed by atoms with Gasteiger partial charge < -0.3 is 4.90 Å². The molecule has 0 aromatic heterocycles. The highest BCUT2D eigenvalue weighted by molar-refractivity contribution is 6.31. The average Bonchev–Trinajstić information content (AvgIpc) is 2.79. The summed E-state index contributed by atoms with van der Waals surface area (Å²) in [5, 5.41) is -0.620. The van der Waals surface area contributed by atoms with E-state index < -0.39 is 22.6 Å². The lowest BCUT2D eigenvalue weighted by molar-refractivity contribution is 0.0788. The van der Waals surface area contributed by atoms with Crippen LogP contribution < -0.4 is 0 Å². The van der Waals surface area contributed by atoms with E-state index in [1.54, 1.807) is 4.90 Å². The molecule has 0 saturated carbocycles. The summed E-state index contributed by atoms with van der Waals surface area (Å²) in [6.07, 6.45) is 1.84. The third kappa shape index (κ3) is 1.89. The summed E-state index contributed by atoms with van der Waals surface area (Å²) in [5.74, 6) is -2.24. The van der Waals surface area contributed by atoms with Crippen LogP contribution in [0.1, 0.15) is 23.2 Å². The summed E-state index contributed by atoms with van der Waals surface area (Å²) in [4.78, 5) is 13.4. The molecule has 1 fully saturated rings. The molecule has 16 heavy (non-hydrogen) atoms. The largest absolute Gasteiger partial charge is 0.339 e. The fourth-order valence-electron chi connectivity index (χ4n) is 1.78. The molecule has 0 aliphatic carbocycles. The van der Waals surface area contributed by atoms with E-state index >= 15 is 0 Å². The Bertz CT molecular complexity index is 430. The van der Waals surface area contributed by atoms with Crippen LogP contribution in [0.2, 0.25) is 5.02 Å². The molecule has 1 aromatic rings. The normalized spacial score (nSPS) is 15.6. The quantitative estimate of drug-likeness (QED) is 0.697. The molecule has 1 amide bonds. The number of nitrogens with zero attached hydrogens (tertiary/aromatic N) is 1. The van der Waals surface area contributed by atoms with Crippen molar-refractivity contribution < 1.29 is 13.6 Å². The Balaban J connectivity index is 2.33. The van der Waals surface area contributed by atoms with E-state index in [9.17, 15) is 13.6 Å². The highest BCUT2D eigenvalue weighted by Gasteiger charge is 2.24. The van der Waals surface area contributed by atoms with Gasteiger partial charge in [0, 0.05) is 13.1 Å². The van der Waals surface area contributed by atoms with Crippen molar-refractivity contribution in [2.45, 2.75) is 12.8 Å². The van der Waals surface area contributed by atoms with Crippen molar-refractivity contribution in [3.8, 4) is 0 Å². The molecular weight excluding hydrogens is 236 g/mol. The van der Waals surface area contributed by atoms with E-state index in [4.69, 9.17) is 11.6 Å². The maximum absolute atomic E-state index is 13.5. The van der Waals surface area contributed by atoms with Gasteiger partial charge in [-0.15, -0.1) is 0 Å². The zero-order chi connectivity index (χ0) is 11.7. The standard InChI is InChI=1S/C11H10ClF2NO/c12-9-8(13)4-3-7(10(9)14)11(16)15-5-1-2-6-15/h3-4H,1-2,5-6H2. The molecule has 1 aromatic carbocycles. The topological polar surface area (TPSA) is 20.3 Å². The monoisotopic (exact) mass is 245 g/mol. The third-order valence-electron chi connectivity index (χ3n) is 2.66. The summed E-state index contributed by atoms with van der Waals surface area (Å²) in [5.41, 5.74) is -0.159. The third-order valence-corrected chi connectivity index (χ3v) is 3.01. The zero-order valence-corrected chi connectivity index (χ0v) is 9.23. The zero-order valence-electron chi connectivity index (χ0n) is 8.47. The molecule has 0 spiro atoms. The SMILES string of the molecule is O=C(c1ccc(F)c(Cl)c1F)N1CCCC1. The van der Waals surface area contributed by atoms with Gasteiger partial charge in [0.1, 0.15) is 10.8 Å².